The quantitative estimate of drug-likeness (QED) is 0.825. The van der Waals surface area contributed by atoms with Gasteiger partial charge in [-0.2, -0.15) is 0 Å². The molecular formula is C12H16O3S. The van der Waals surface area contributed by atoms with Crippen LogP contribution in [0, 0.1) is 0 Å². The van der Waals surface area contributed by atoms with E-state index in [1.54, 1.807) is 18.7 Å². The van der Waals surface area contributed by atoms with Crippen molar-refractivity contribution in [2.24, 2.45) is 0 Å². The van der Waals surface area contributed by atoms with Gasteiger partial charge in [-0.15, -0.1) is 0 Å². The normalized spacial score (nSPS) is 34.9. The van der Waals surface area contributed by atoms with Gasteiger partial charge in [0.2, 0.25) is 0 Å². The zero-order chi connectivity index (χ0) is 11.5. The lowest BCUT2D eigenvalue weighted by atomic mass is 10.0. The largest absolute Gasteiger partial charge is 0.390 e. The molecule has 1 aliphatic rings. The summed E-state index contributed by atoms with van der Waals surface area (Å²) in [5.74, 6) is 0. The minimum atomic E-state index is -0.771. The lowest BCUT2D eigenvalue weighted by molar-refractivity contribution is -0.137. The number of ether oxygens (including phenoxy) is 1. The summed E-state index contributed by atoms with van der Waals surface area (Å²) in [5, 5.41) is 19.2. The zero-order valence-corrected chi connectivity index (χ0v) is 9.93. The predicted octanol–water partition coefficient (Wildman–Crippen LogP) is 1.64. The highest BCUT2D eigenvalue weighted by atomic mass is 32.2. The fourth-order valence-electron chi connectivity index (χ4n) is 1.75. The van der Waals surface area contributed by atoms with E-state index >= 15 is 0 Å². The standard InChI is InChI=1S/C12H16O3S/c1-8-12(14)10(13)7-11(15-8)16-9-5-3-2-4-6-9/h2-6,8,10-14H,7H2,1H3/t8-,10-,11-,12-/m0/s1. The average molecular weight is 240 g/mol. The van der Waals surface area contributed by atoms with Crippen molar-refractivity contribution in [3.8, 4) is 0 Å². The first-order valence-corrected chi connectivity index (χ1v) is 6.28. The molecule has 4 atom stereocenters. The van der Waals surface area contributed by atoms with E-state index in [4.69, 9.17) is 4.74 Å². The minimum Gasteiger partial charge on any atom is -0.390 e. The second-order valence-electron chi connectivity index (χ2n) is 4.00. The number of benzene rings is 1. The monoisotopic (exact) mass is 240 g/mol. The van der Waals surface area contributed by atoms with Crippen LogP contribution in [0.5, 0.6) is 0 Å². The first-order valence-electron chi connectivity index (χ1n) is 5.40. The fraction of sp³-hybridized carbons (Fsp3) is 0.500. The summed E-state index contributed by atoms with van der Waals surface area (Å²) in [6.45, 7) is 1.78. The maximum Gasteiger partial charge on any atom is 0.110 e. The van der Waals surface area contributed by atoms with E-state index in [1.165, 1.54) is 0 Å². The molecular weight excluding hydrogens is 224 g/mol. The van der Waals surface area contributed by atoms with Gasteiger partial charge in [-0.05, 0) is 19.1 Å². The lowest BCUT2D eigenvalue weighted by Crippen LogP contribution is -2.45. The molecule has 1 aromatic rings. The van der Waals surface area contributed by atoms with E-state index in [0.29, 0.717) is 6.42 Å². The van der Waals surface area contributed by atoms with Crippen molar-refractivity contribution in [1.29, 1.82) is 0 Å². The third kappa shape index (κ3) is 2.77. The van der Waals surface area contributed by atoms with Crippen LogP contribution in [0.4, 0.5) is 0 Å². The molecule has 0 saturated carbocycles. The molecule has 0 amide bonds. The van der Waals surface area contributed by atoms with Crippen LogP contribution < -0.4 is 0 Å². The molecule has 2 rings (SSSR count). The van der Waals surface area contributed by atoms with E-state index in [9.17, 15) is 10.2 Å². The van der Waals surface area contributed by atoms with Crippen molar-refractivity contribution < 1.29 is 14.9 Å². The number of hydrogen-bond donors (Lipinski definition) is 2. The Kier molecular flexibility index (Phi) is 3.86. The van der Waals surface area contributed by atoms with Crippen molar-refractivity contribution in [3.63, 3.8) is 0 Å². The van der Waals surface area contributed by atoms with Gasteiger partial charge in [0.1, 0.15) is 11.5 Å². The van der Waals surface area contributed by atoms with Gasteiger partial charge in [0.25, 0.3) is 0 Å². The van der Waals surface area contributed by atoms with Crippen LogP contribution in [0.15, 0.2) is 35.2 Å². The number of hydrogen-bond acceptors (Lipinski definition) is 4. The molecule has 1 saturated heterocycles. The van der Waals surface area contributed by atoms with E-state index < -0.39 is 12.2 Å². The van der Waals surface area contributed by atoms with Gasteiger partial charge >= 0.3 is 0 Å². The third-order valence-corrected chi connectivity index (χ3v) is 3.80. The lowest BCUT2D eigenvalue weighted by Gasteiger charge is -2.35. The number of rotatable bonds is 2. The number of aliphatic hydroxyl groups is 2. The molecule has 1 aliphatic heterocycles. The van der Waals surface area contributed by atoms with Crippen molar-refractivity contribution in [1.82, 2.24) is 0 Å². The van der Waals surface area contributed by atoms with Gasteiger partial charge in [0, 0.05) is 11.3 Å². The van der Waals surface area contributed by atoms with Crippen molar-refractivity contribution in [2.75, 3.05) is 0 Å². The van der Waals surface area contributed by atoms with Crippen LogP contribution in [0.3, 0.4) is 0 Å². The van der Waals surface area contributed by atoms with E-state index in [-0.39, 0.29) is 11.5 Å². The minimum absolute atomic E-state index is 0.0872. The van der Waals surface area contributed by atoms with Gasteiger partial charge in [-0.3, -0.25) is 0 Å². The van der Waals surface area contributed by atoms with Crippen LogP contribution in [0.2, 0.25) is 0 Å². The van der Waals surface area contributed by atoms with Crippen molar-refractivity contribution in [2.45, 2.75) is 42.0 Å². The maximum absolute atomic E-state index is 9.65. The topological polar surface area (TPSA) is 49.7 Å². The molecule has 4 heteroatoms. The summed E-state index contributed by atoms with van der Waals surface area (Å²) < 4.78 is 5.63. The zero-order valence-electron chi connectivity index (χ0n) is 9.11. The van der Waals surface area contributed by atoms with Crippen LogP contribution >= 0.6 is 11.8 Å². The number of thioether (sulfide) groups is 1. The van der Waals surface area contributed by atoms with E-state index in [1.807, 2.05) is 30.3 Å². The van der Waals surface area contributed by atoms with Gasteiger partial charge in [-0.25, -0.2) is 0 Å². The summed E-state index contributed by atoms with van der Waals surface area (Å²) in [6.07, 6.45) is -1.31. The molecule has 1 aromatic carbocycles. The second kappa shape index (κ2) is 5.19. The summed E-state index contributed by atoms with van der Waals surface area (Å²) in [6, 6.07) is 9.93. The number of aliphatic hydroxyl groups excluding tert-OH is 2. The molecule has 0 aliphatic carbocycles. The molecule has 88 valence electrons. The van der Waals surface area contributed by atoms with Crippen LogP contribution in [-0.2, 0) is 4.74 Å². The smallest absolute Gasteiger partial charge is 0.110 e. The maximum atomic E-state index is 9.65. The first-order chi connectivity index (χ1) is 7.66. The Labute approximate surface area is 99.4 Å². The summed E-state index contributed by atoms with van der Waals surface area (Å²) >= 11 is 1.58. The SMILES string of the molecule is C[C@@H]1O[C@@H](Sc2ccccc2)C[C@H](O)[C@H]1O. The molecule has 2 N–H and O–H groups in total. The molecule has 16 heavy (non-hydrogen) atoms. The van der Waals surface area contributed by atoms with Crippen LogP contribution in [-0.4, -0.2) is 34.0 Å². The Balaban J connectivity index is 1.97. The van der Waals surface area contributed by atoms with Gasteiger partial charge in [0.05, 0.1) is 12.2 Å². The Morgan fingerprint density at radius 2 is 1.94 bits per heavy atom. The molecule has 1 heterocycles. The average Bonchev–Trinajstić information content (AvgIpc) is 2.27. The van der Waals surface area contributed by atoms with Crippen LogP contribution in [0.1, 0.15) is 13.3 Å². The van der Waals surface area contributed by atoms with E-state index in [0.717, 1.165) is 4.90 Å². The first kappa shape index (κ1) is 11.9. The summed E-state index contributed by atoms with van der Waals surface area (Å²) in [5.41, 5.74) is -0.0872. The van der Waals surface area contributed by atoms with Crippen molar-refractivity contribution in [3.05, 3.63) is 30.3 Å². The van der Waals surface area contributed by atoms with Crippen LogP contribution in [0.25, 0.3) is 0 Å². The Bertz CT molecular complexity index is 318. The highest BCUT2D eigenvalue weighted by molar-refractivity contribution is 7.99. The van der Waals surface area contributed by atoms with Gasteiger partial charge in [0.15, 0.2) is 0 Å². The molecule has 0 spiro atoms. The second-order valence-corrected chi connectivity index (χ2v) is 5.23. The van der Waals surface area contributed by atoms with Crippen molar-refractivity contribution >= 4 is 11.8 Å². The molecule has 0 radical (unpaired) electrons. The Morgan fingerprint density at radius 3 is 2.56 bits per heavy atom. The molecule has 1 fully saturated rings. The highest BCUT2D eigenvalue weighted by Gasteiger charge is 2.34. The molecule has 0 aromatic heterocycles. The molecule has 0 bridgehead atoms. The van der Waals surface area contributed by atoms with Gasteiger partial charge in [-0.1, -0.05) is 30.0 Å². The molecule has 0 unspecified atom stereocenters. The predicted molar refractivity (Wildman–Crippen MR) is 63.3 cm³/mol. The summed E-state index contributed by atoms with van der Waals surface area (Å²) in [4.78, 5) is 1.11. The van der Waals surface area contributed by atoms with E-state index in [2.05, 4.69) is 0 Å². The molecule has 3 nitrogen and oxygen atoms in total. The Hall–Kier alpha value is -0.550. The third-order valence-electron chi connectivity index (χ3n) is 2.69. The highest BCUT2D eigenvalue weighted by Crippen LogP contribution is 2.32. The van der Waals surface area contributed by atoms with Gasteiger partial charge < -0.3 is 14.9 Å². The fourth-order valence-corrected chi connectivity index (χ4v) is 2.89. The Morgan fingerprint density at radius 1 is 1.25 bits per heavy atom. The summed E-state index contributed by atoms with van der Waals surface area (Å²) in [7, 11) is 0.